The summed E-state index contributed by atoms with van der Waals surface area (Å²) < 4.78 is 11.8. The quantitative estimate of drug-likeness (QED) is 0.320. The number of rotatable bonds is 10. The van der Waals surface area contributed by atoms with Crippen LogP contribution in [0.4, 0.5) is 5.69 Å². The van der Waals surface area contributed by atoms with Crippen LogP contribution in [0.3, 0.4) is 0 Å². The number of para-hydroxylation sites is 1. The summed E-state index contributed by atoms with van der Waals surface area (Å²) in [7, 11) is 1.76. The molecule has 0 spiro atoms. The molecule has 0 bridgehead atoms. The summed E-state index contributed by atoms with van der Waals surface area (Å²) in [6, 6.07) is 21.1. The van der Waals surface area contributed by atoms with Crippen molar-refractivity contribution in [2.24, 2.45) is 0 Å². The van der Waals surface area contributed by atoms with Gasteiger partial charge in [-0.1, -0.05) is 52.0 Å². The molecule has 2 aliphatic carbocycles. The van der Waals surface area contributed by atoms with Gasteiger partial charge in [-0.05, 0) is 84.2 Å². The van der Waals surface area contributed by atoms with E-state index in [9.17, 15) is 9.59 Å². The summed E-state index contributed by atoms with van der Waals surface area (Å²) in [5.74, 6) is 1.38. The van der Waals surface area contributed by atoms with Gasteiger partial charge in [-0.2, -0.15) is 0 Å². The van der Waals surface area contributed by atoms with E-state index in [1.165, 1.54) is 0 Å². The van der Waals surface area contributed by atoms with Crippen LogP contribution < -0.4 is 14.4 Å². The highest BCUT2D eigenvalue weighted by Gasteiger charge is 2.43. The predicted molar refractivity (Wildman–Crippen MR) is 159 cm³/mol. The average Bonchev–Trinajstić information content (AvgIpc) is 3.37. The van der Waals surface area contributed by atoms with Crippen molar-refractivity contribution in [1.29, 1.82) is 0 Å². The number of likely N-dealkylation sites (N-methyl/N-ethyl adjacent to an activating group) is 2. The Hall–Kier alpha value is -3.90. The predicted octanol–water partition coefficient (Wildman–Crippen LogP) is 5.93. The molecule has 0 radical (unpaired) electrons. The SMILES string of the molecule is CCN(CC)CCOc1ccc2c(c1)C(C)(C)C1=C(C2=O)c2ccc(N(C)C(=O)COc3ccccc3)cc2C1. The van der Waals surface area contributed by atoms with Crippen molar-refractivity contribution in [3.8, 4) is 11.5 Å². The van der Waals surface area contributed by atoms with E-state index in [4.69, 9.17) is 9.47 Å². The van der Waals surface area contributed by atoms with E-state index >= 15 is 0 Å². The molecule has 2 aliphatic rings. The fraction of sp³-hybridized carbons (Fsp3) is 0.353. The Morgan fingerprint density at radius 2 is 1.62 bits per heavy atom. The lowest BCUT2D eigenvalue weighted by atomic mass is 9.68. The molecule has 1 amide bonds. The van der Waals surface area contributed by atoms with Crippen LogP contribution in [0.25, 0.3) is 5.57 Å². The summed E-state index contributed by atoms with van der Waals surface area (Å²) in [6.45, 7) is 12.1. The van der Waals surface area contributed by atoms with Crippen LogP contribution in [-0.2, 0) is 16.6 Å². The number of hydrogen-bond acceptors (Lipinski definition) is 5. The van der Waals surface area contributed by atoms with Crippen LogP contribution in [0.15, 0.2) is 72.3 Å². The fourth-order valence-electron chi connectivity index (χ4n) is 5.77. The number of benzene rings is 3. The zero-order chi connectivity index (χ0) is 28.4. The minimum Gasteiger partial charge on any atom is -0.492 e. The van der Waals surface area contributed by atoms with Crippen molar-refractivity contribution in [2.75, 3.05) is 44.8 Å². The second kappa shape index (κ2) is 11.3. The molecule has 5 rings (SSSR count). The molecule has 0 unspecified atom stereocenters. The normalized spacial score (nSPS) is 15.0. The molecule has 0 aromatic heterocycles. The summed E-state index contributed by atoms with van der Waals surface area (Å²) in [4.78, 5) is 30.6. The number of ether oxygens (including phenoxy) is 2. The van der Waals surface area contributed by atoms with Gasteiger partial charge in [-0.25, -0.2) is 0 Å². The van der Waals surface area contributed by atoms with E-state index in [1.54, 1.807) is 11.9 Å². The average molecular weight is 539 g/mol. The summed E-state index contributed by atoms with van der Waals surface area (Å²) in [5, 5.41) is 0. The first-order chi connectivity index (χ1) is 19.2. The molecule has 3 aromatic carbocycles. The van der Waals surface area contributed by atoms with Crippen LogP contribution in [0.1, 0.15) is 54.7 Å². The number of carbonyl (C=O) groups is 2. The van der Waals surface area contributed by atoms with Crippen LogP contribution in [0, 0.1) is 0 Å². The van der Waals surface area contributed by atoms with E-state index < -0.39 is 0 Å². The fourth-order valence-corrected chi connectivity index (χ4v) is 5.77. The standard InChI is InChI=1S/C34H38N2O4/c1-6-36(7-2)17-18-39-26-14-16-28-29(21-26)34(3,4)30-20-23-19-24(13-15-27(23)32(30)33(28)38)35(5)31(37)22-40-25-11-9-8-10-12-25/h8-16,19,21H,6-7,17-18,20,22H2,1-5H3. The lowest BCUT2D eigenvalue weighted by Gasteiger charge is -2.34. The molecule has 0 saturated carbocycles. The highest BCUT2D eigenvalue weighted by Crippen LogP contribution is 2.50. The van der Waals surface area contributed by atoms with Gasteiger partial charge in [-0.3, -0.25) is 9.59 Å². The number of carbonyl (C=O) groups excluding carboxylic acids is 2. The Morgan fingerprint density at radius 3 is 2.35 bits per heavy atom. The van der Waals surface area contributed by atoms with Gasteiger partial charge in [-0.15, -0.1) is 0 Å². The molecular formula is C34H38N2O4. The molecule has 0 atom stereocenters. The smallest absolute Gasteiger partial charge is 0.264 e. The van der Waals surface area contributed by atoms with E-state index in [1.807, 2.05) is 66.7 Å². The van der Waals surface area contributed by atoms with E-state index in [0.717, 1.165) is 64.5 Å². The van der Waals surface area contributed by atoms with Gasteiger partial charge in [0.25, 0.3) is 5.91 Å². The summed E-state index contributed by atoms with van der Waals surface area (Å²) in [6.07, 6.45) is 0.673. The maximum Gasteiger partial charge on any atom is 0.264 e. The maximum absolute atomic E-state index is 13.8. The van der Waals surface area contributed by atoms with Gasteiger partial charge in [0.05, 0.1) is 0 Å². The maximum atomic E-state index is 13.8. The first kappa shape index (κ1) is 27.7. The Bertz CT molecular complexity index is 1450. The van der Waals surface area contributed by atoms with Crippen LogP contribution in [-0.4, -0.2) is 56.5 Å². The third-order valence-electron chi connectivity index (χ3n) is 8.36. The summed E-state index contributed by atoms with van der Waals surface area (Å²) in [5.41, 5.74) is 6.15. The monoisotopic (exact) mass is 538 g/mol. The number of Topliss-reactive ketones (excluding diaryl/α,β-unsaturated/α-hetero) is 1. The third kappa shape index (κ3) is 5.16. The number of anilines is 1. The first-order valence-corrected chi connectivity index (χ1v) is 14.1. The van der Waals surface area contributed by atoms with Crippen molar-refractivity contribution in [3.63, 3.8) is 0 Å². The Labute approximate surface area is 237 Å². The molecule has 3 aromatic rings. The van der Waals surface area contributed by atoms with Gasteiger partial charge < -0.3 is 19.3 Å². The second-order valence-electron chi connectivity index (χ2n) is 11.0. The number of ketones is 1. The number of allylic oxidation sites excluding steroid dienone is 2. The van der Waals surface area contributed by atoms with Gasteiger partial charge in [0.1, 0.15) is 18.1 Å². The van der Waals surface area contributed by atoms with Crippen molar-refractivity contribution < 1.29 is 19.1 Å². The first-order valence-electron chi connectivity index (χ1n) is 14.1. The number of fused-ring (bicyclic) bond motifs is 3. The Kier molecular flexibility index (Phi) is 7.81. The highest BCUT2D eigenvalue weighted by molar-refractivity contribution is 6.33. The third-order valence-corrected chi connectivity index (χ3v) is 8.36. The molecule has 40 heavy (non-hydrogen) atoms. The summed E-state index contributed by atoms with van der Waals surface area (Å²) >= 11 is 0. The van der Waals surface area contributed by atoms with Crippen LogP contribution >= 0.6 is 0 Å². The lowest BCUT2D eigenvalue weighted by molar-refractivity contribution is -0.120. The van der Waals surface area contributed by atoms with Crippen molar-refractivity contribution in [2.45, 2.75) is 39.5 Å². The van der Waals surface area contributed by atoms with Crippen LogP contribution in [0.5, 0.6) is 11.5 Å². The largest absolute Gasteiger partial charge is 0.492 e. The van der Waals surface area contributed by atoms with E-state index in [0.29, 0.717) is 18.8 Å². The molecule has 0 fully saturated rings. The number of hydrogen-bond donors (Lipinski definition) is 0. The Balaban J connectivity index is 1.33. The van der Waals surface area contributed by atoms with Crippen molar-refractivity contribution >= 4 is 23.0 Å². The van der Waals surface area contributed by atoms with Crippen molar-refractivity contribution in [1.82, 2.24) is 4.90 Å². The highest BCUT2D eigenvalue weighted by atomic mass is 16.5. The van der Waals surface area contributed by atoms with Gasteiger partial charge in [0, 0.05) is 35.8 Å². The van der Waals surface area contributed by atoms with E-state index in [-0.39, 0.29) is 23.7 Å². The van der Waals surface area contributed by atoms with Gasteiger partial charge in [0.15, 0.2) is 12.4 Å². The molecule has 0 N–H and O–H groups in total. The molecule has 6 heteroatoms. The topological polar surface area (TPSA) is 59.1 Å². The zero-order valence-corrected chi connectivity index (χ0v) is 24.1. The lowest BCUT2D eigenvalue weighted by Crippen LogP contribution is -2.31. The molecular weight excluding hydrogens is 500 g/mol. The second-order valence-corrected chi connectivity index (χ2v) is 11.0. The minimum absolute atomic E-state index is 0.0491. The van der Waals surface area contributed by atoms with E-state index in [2.05, 4.69) is 32.6 Å². The molecule has 0 heterocycles. The van der Waals surface area contributed by atoms with Crippen LogP contribution in [0.2, 0.25) is 0 Å². The minimum atomic E-state index is -0.332. The van der Waals surface area contributed by atoms with Gasteiger partial charge in [0.2, 0.25) is 0 Å². The molecule has 208 valence electrons. The number of amides is 1. The molecule has 0 saturated heterocycles. The van der Waals surface area contributed by atoms with Crippen molar-refractivity contribution in [3.05, 3.63) is 94.6 Å². The zero-order valence-electron chi connectivity index (χ0n) is 24.1. The Morgan fingerprint density at radius 1 is 0.900 bits per heavy atom. The molecule has 6 nitrogen and oxygen atoms in total. The number of nitrogens with zero attached hydrogens (tertiary/aromatic N) is 2. The molecule has 0 aliphatic heterocycles. The van der Waals surface area contributed by atoms with Gasteiger partial charge >= 0.3 is 0 Å².